The summed E-state index contributed by atoms with van der Waals surface area (Å²) in [6.45, 7) is 11.1. The zero-order valence-corrected chi connectivity index (χ0v) is 31.3. The van der Waals surface area contributed by atoms with Crippen molar-refractivity contribution in [3.05, 3.63) is 34.9 Å². The van der Waals surface area contributed by atoms with Gasteiger partial charge in [0.05, 0.1) is 38.5 Å². The number of urea groups is 1. The highest BCUT2D eigenvalue weighted by molar-refractivity contribution is 6.76. The quantitative estimate of drug-likeness (QED) is 0.144. The largest absolute Gasteiger partial charge is 0.453 e. The maximum atomic E-state index is 14.0. The van der Waals surface area contributed by atoms with E-state index in [-0.39, 0.29) is 42.8 Å². The van der Waals surface area contributed by atoms with Crippen LogP contribution in [0.4, 0.5) is 14.4 Å². The lowest BCUT2D eigenvalue weighted by Gasteiger charge is -2.40. The monoisotopic (exact) mass is 694 g/mol. The predicted octanol–water partition coefficient (Wildman–Crippen LogP) is 7.70. The van der Waals surface area contributed by atoms with Crippen molar-refractivity contribution in [3.8, 4) is 0 Å². The number of piperidine rings is 1. The zero-order valence-electron chi connectivity index (χ0n) is 29.5. The van der Waals surface area contributed by atoms with Gasteiger partial charge in [-0.15, -0.1) is 0 Å². The van der Waals surface area contributed by atoms with Gasteiger partial charge in [0, 0.05) is 45.7 Å². The van der Waals surface area contributed by atoms with E-state index in [1.54, 1.807) is 4.90 Å². The van der Waals surface area contributed by atoms with Crippen LogP contribution >= 0.6 is 11.6 Å². The summed E-state index contributed by atoms with van der Waals surface area (Å²) in [7, 11) is 1.80. The molecule has 1 aliphatic heterocycles. The average molecular weight is 695 g/mol. The first kappa shape index (κ1) is 38.9. The Morgan fingerprint density at radius 1 is 1.09 bits per heavy atom. The average Bonchev–Trinajstić information content (AvgIpc) is 3.04. The number of ether oxygens (including phenoxy) is 3. The minimum Gasteiger partial charge on any atom is -0.453 e. The van der Waals surface area contributed by atoms with Gasteiger partial charge in [-0.2, -0.15) is 0 Å². The number of carbonyl (C=O) groups is 3. The van der Waals surface area contributed by atoms with E-state index < -0.39 is 14.2 Å². The van der Waals surface area contributed by atoms with Gasteiger partial charge in [-0.1, -0.05) is 82.4 Å². The van der Waals surface area contributed by atoms with Crippen molar-refractivity contribution in [1.29, 1.82) is 0 Å². The molecule has 0 bridgehead atoms. The van der Waals surface area contributed by atoms with Gasteiger partial charge < -0.3 is 34.6 Å². The predicted molar refractivity (Wildman–Crippen MR) is 190 cm³/mol. The van der Waals surface area contributed by atoms with Crippen LogP contribution in [0.25, 0.3) is 0 Å². The molecule has 3 rings (SSSR count). The maximum Gasteiger partial charge on any atom is 0.409 e. The lowest BCUT2D eigenvalue weighted by molar-refractivity contribution is -0.00887. The first-order valence-corrected chi connectivity index (χ1v) is 21.6. The van der Waals surface area contributed by atoms with Crippen molar-refractivity contribution in [2.24, 2.45) is 11.8 Å². The number of likely N-dealkylation sites (tertiary alicyclic amines) is 1. The fourth-order valence-corrected chi connectivity index (χ4v) is 7.81. The molecule has 1 aromatic rings. The molecule has 1 saturated carbocycles. The summed E-state index contributed by atoms with van der Waals surface area (Å²) < 4.78 is 16.7. The van der Waals surface area contributed by atoms with Gasteiger partial charge in [-0.05, 0) is 55.3 Å². The summed E-state index contributed by atoms with van der Waals surface area (Å²) in [4.78, 5) is 42.4. The second-order valence-electron chi connectivity index (χ2n) is 14.4. The maximum absolute atomic E-state index is 14.0. The van der Waals surface area contributed by atoms with Gasteiger partial charge in [0.2, 0.25) is 0 Å². The van der Waals surface area contributed by atoms with Gasteiger partial charge in [0.15, 0.2) is 0 Å². The minimum absolute atomic E-state index is 0.0360. The van der Waals surface area contributed by atoms with Crippen LogP contribution in [0.3, 0.4) is 0 Å². The van der Waals surface area contributed by atoms with Crippen LogP contribution in [0.5, 0.6) is 0 Å². The number of likely N-dealkylation sites (N-methyl/N-ethyl adjacent to an activating group) is 1. The molecule has 10 nitrogen and oxygen atoms in total. The molecule has 266 valence electrons. The molecule has 2 N–H and O–H groups in total. The van der Waals surface area contributed by atoms with Crippen LogP contribution in [0.2, 0.25) is 30.7 Å². The summed E-state index contributed by atoms with van der Waals surface area (Å²) in [6.07, 6.45) is 8.15. The van der Waals surface area contributed by atoms with E-state index in [1.165, 1.54) is 26.4 Å². The fraction of sp³-hybridized carbons (Fsp3) is 0.743. The van der Waals surface area contributed by atoms with Crippen LogP contribution in [-0.2, 0) is 14.2 Å². The van der Waals surface area contributed by atoms with Gasteiger partial charge in [-0.3, -0.25) is 0 Å². The van der Waals surface area contributed by atoms with Crippen molar-refractivity contribution in [2.45, 2.75) is 109 Å². The van der Waals surface area contributed by atoms with Crippen LogP contribution in [0, 0.1) is 11.8 Å². The molecule has 2 unspecified atom stereocenters. The molecule has 12 heteroatoms. The number of rotatable bonds is 15. The summed E-state index contributed by atoms with van der Waals surface area (Å²) in [5.41, 5.74) is 0.943. The van der Waals surface area contributed by atoms with E-state index in [1.807, 2.05) is 36.2 Å². The molecule has 2 aliphatic rings. The van der Waals surface area contributed by atoms with Crippen LogP contribution in [0.1, 0.15) is 76.4 Å². The molecule has 4 atom stereocenters. The molecule has 0 spiro atoms. The van der Waals surface area contributed by atoms with E-state index >= 15 is 0 Å². The molecule has 4 amide bonds. The summed E-state index contributed by atoms with van der Waals surface area (Å²) >= 11 is 6.37. The third-order valence-electron chi connectivity index (χ3n) is 9.57. The van der Waals surface area contributed by atoms with Crippen LogP contribution < -0.4 is 10.6 Å². The second kappa shape index (κ2) is 19.5. The van der Waals surface area contributed by atoms with Crippen molar-refractivity contribution in [3.63, 3.8) is 0 Å². The zero-order chi connectivity index (χ0) is 34.4. The molecule has 2 fully saturated rings. The van der Waals surface area contributed by atoms with E-state index in [2.05, 4.69) is 41.9 Å². The van der Waals surface area contributed by atoms with Crippen molar-refractivity contribution < 1.29 is 28.6 Å². The molecule has 1 saturated heterocycles. The standard InChI is InChI=1S/C35H59ClN4O6Si/c1-7-31(39(2)35(43)46-21-22-47(4,5)6)30(23-26-13-9-8-10-14-26)38-33(41)40-19-12-16-28(25-40)32(27-15-11-17-29(36)24-27)45-20-18-37-34(42)44-3/h11,15,17,24,26,28,30-32H,7-10,12-14,16,18-23,25H2,1-6H3,(H,37,42)(H,38,41)/t28?,30?,31-,32+/m1/s1. The lowest BCUT2D eigenvalue weighted by Crippen LogP contribution is -2.56. The van der Waals surface area contributed by atoms with Crippen LogP contribution in [-0.4, -0.2) is 95.2 Å². The molecule has 1 aromatic carbocycles. The molecular formula is C35H59ClN4O6Si. The number of carbonyl (C=O) groups excluding carboxylic acids is 3. The number of benzene rings is 1. The van der Waals surface area contributed by atoms with Crippen molar-refractivity contribution in [2.75, 3.05) is 47.0 Å². The summed E-state index contributed by atoms with van der Waals surface area (Å²) in [5, 5.41) is 6.69. The Morgan fingerprint density at radius 2 is 1.83 bits per heavy atom. The number of hydrogen-bond acceptors (Lipinski definition) is 6. The second-order valence-corrected chi connectivity index (χ2v) is 20.5. The Balaban J connectivity index is 1.73. The number of alkyl carbamates (subject to hydrolysis) is 1. The van der Waals surface area contributed by atoms with E-state index in [0.29, 0.717) is 43.6 Å². The summed E-state index contributed by atoms with van der Waals surface area (Å²) in [5.74, 6) is 0.557. The molecular weight excluding hydrogens is 636 g/mol. The van der Waals surface area contributed by atoms with E-state index in [4.69, 9.17) is 21.1 Å². The van der Waals surface area contributed by atoms with Gasteiger partial charge in [0.1, 0.15) is 0 Å². The SMILES string of the molecule is CC[C@H](C(CC1CCCCC1)NC(=O)N1CCCC([C@@H](OCCNC(=O)OC)c2cccc(Cl)c2)C1)N(C)C(=O)OCC[Si](C)(C)C. The first-order chi connectivity index (χ1) is 22.4. The van der Waals surface area contributed by atoms with Gasteiger partial charge in [0.25, 0.3) is 0 Å². The number of hydrogen-bond donors (Lipinski definition) is 2. The third-order valence-corrected chi connectivity index (χ3v) is 11.5. The Labute approximate surface area is 288 Å². The van der Waals surface area contributed by atoms with E-state index in [9.17, 15) is 14.4 Å². The fourth-order valence-electron chi connectivity index (χ4n) is 6.89. The topological polar surface area (TPSA) is 109 Å². The first-order valence-electron chi connectivity index (χ1n) is 17.6. The summed E-state index contributed by atoms with van der Waals surface area (Å²) in [6, 6.07) is 8.09. The number of amides is 4. The Morgan fingerprint density at radius 3 is 2.49 bits per heavy atom. The number of nitrogens with zero attached hydrogens (tertiary/aromatic N) is 2. The molecule has 47 heavy (non-hydrogen) atoms. The highest BCUT2D eigenvalue weighted by Gasteiger charge is 2.35. The smallest absolute Gasteiger partial charge is 0.409 e. The number of halogens is 1. The minimum atomic E-state index is -1.34. The molecule has 0 radical (unpaired) electrons. The Hall–Kier alpha value is -2.50. The number of methoxy groups -OCH3 is 1. The molecule has 1 aliphatic carbocycles. The highest BCUT2D eigenvalue weighted by atomic mass is 35.5. The van der Waals surface area contributed by atoms with E-state index in [0.717, 1.165) is 43.7 Å². The lowest BCUT2D eigenvalue weighted by atomic mass is 9.82. The van der Waals surface area contributed by atoms with Gasteiger partial charge >= 0.3 is 18.2 Å². The van der Waals surface area contributed by atoms with Crippen molar-refractivity contribution in [1.82, 2.24) is 20.4 Å². The third kappa shape index (κ3) is 13.1. The van der Waals surface area contributed by atoms with Gasteiger partial charge in [-0.25, -0.2) is 14.4 Å². The molecule has 1 heterocycles. The van der Waals surface area contributed by atoms with Crippen molar-refractivity contribution >= 4 is 37.9 Å². The Bertz CT molecular complexity index is 1130. The normalized spacial score (nSPS) is 19.3. The number of nitrogens with one attached hydrogen (secondary N) is 2. The van der Waals surface area contributed by atoms with Crippen LogP contribution in [0.15, 0.2) is 24.3 Å². The Kier molecular flexibility index (Phi) is 16.1. The highest BCUT2D eigenvalue weighted by Crippen LogP contribution is 2.34. The molecule has 0 aromatic heterocycles.